The fraction of sp³-hybridized carbons (Fsp3) is 0.500. The molecule has 0 N–H and O–H groups in total. The maximum Gasteiger partial charge on any atom is 0.257 e. The maximum absolute atomic E-state index is 13.0. The second-order valence-electron chi connectivity index (χ2n) is 5.57. The van der Waals surface area contributed by atoms with Crippen LogP contribution in [0.2, 0.25) is 0 Å². The molecule has 112 valence electrons. The van der Waals surface area contributed by atoms with Crippen LogP contribution in [0.15, 0.2) is 30.6 Å². The summed E-state index contributed by atoms with van der Waals surface area (Å²) < 4.78 is 1.76. The number of carbonyl (C=O) groups is 1. The number of amides is 1. The molecule has 0 atom stereocenters. The van der Waals surface area contributed by atoms with Gasteiger partial charge >= 0.3 is 0 Å². The minimum Gasteiger partial charge on any atom is -0.335 e. The molecule has 5 heteroatoms. The van der Waals surface area contributed by atoms with Crippen LogP contribution in [-0.2, 0) is 0 Å². The van der Waals surface area contributed by atoms with Crippen molar-refractivity contribution in [3.8, 4) is 0 Å². The highest BCUT2D eigenvalue weighted by atomic mass is 79.9. The van der Waals surface area contributed by atoms with E-state index in [1.807, 2.05) is 29.3 Å². The minimum absolute atomic E-state index is 0.113. The van der Waals surface area contributed by atoms with Crippen molar-refractivity contribution in [2.75, 3.05) is 11.9 Å². The normalized spacial score (nSPS) is 16.2. The van der Waals surface area contributed by atoms with Gasteiger partial charge in [0, 0.05) is 24.1 Å². The van der Waals surface area contributed by atoms with Crippen LogP contribution < -0.4 is 0 Å². The monoisotopic (exact) mass is 349 g/mol. The number of alkyl halides is 1. The van der Waals surface area contributed by atoms with Crippen molar-refractivity contribution in [2.24, 2.45) is 0 Å². The Balaban J connectivity index is 1.89. The van der Waals surface area contributed by atoms with Gasteiger partial charge in [0.2, 0.25) is 0 Å². The molecule has 0 saturated heterocycles. The van der Waals surface area contributed by atoms with Crippen molar-refractivity contribution >= 4 is 27.4 Å². The lowest BCUT2D eigenvalue weighted by molar-refractivity contribution is 0.0653. The zero-order valence-electron chi connectivity index (χ0n) is 12.0. The minimum atomic E-state index is 0.113. The standard InChI is InChI=1S/C16H20BrN3O/c17-9-11-19(13-6-2-1-3-7-13)16(21)14-12-18-20-10-5-4-8-15(14)20/h4-5,8,10,12-13H,1-3,6-7,9,11H2. The lowest BCUT2D eigenvalue weighted by atomic mass is 9.94. The largest absolute Gasteiger partial charge is 0.335 e. The van der Waals surface area contributed by atoms with Crippen molar-refractivity contribution in [1.29, 1.82) is 0 Å². The highest BCUT2D eigenvalue weighted by Crippen LogP contribution is 2.25. The Bertz CT molecular complexity index is 619. The molecule has 1 amide bonds. The first kappa shape index (κ1) is 14.6. The van der Waals surface area contributed by atoms with Crippen molar-refractivity contribution < 1.29 is 4.79 Å². The molecule has 2 aromatic heterocycles. The summed E-state index contributed by atoms with van der Waals surface area (Å²) in [6.07, 6.45) is 9.57. The summed E-state index contributed by atoms with van der Waals surface area (Å²) in [5.41, 5.74) is 1.60. The van der Waals surface area contributed by atoms with E-state index in [4.69, 9.17) is 0 Å². The second kappa shape index (κ2) is 6.60. The van der Waals surface area contributed by atoms with E-state index in [9.17, 15) is 4.79 Å². The molecular weight excluding hydrogens is 330 g/mol. The second-order valence-corrected chi connectivity index (χ2v) is 6.36. The molecule has 0 radical (unpaired) electrons. The van der Waals surface area contributed by atoms with Crippen molar-refractivity contribution in [3.63, 3.8) is 0 Å². The molecule has 0 spiro atoms. The fourth-order valence-electron chi connectivity index (χ4n) is 3.19. The van der Waals surface area contributed by atoms with E-state index in [0.717, 1.165) is 30.2 Å². The van der Waals surface area contributed by atoms with Gasteiger partial charge in [-0.1, -0.05) is 41.3 Å². The van der Waals surface area contributed by atoms with E-state index in [-0.39, 0.29) is 5.91 Å². The summed E-state index contributed by atoms with van der Waals surface area (Å²) in [7, 11) is 0. The first-order valence-electron chi connectivity index (χ1n) is 7.60. The average Bonchev–Trinajstić information content (AvgIpc) is 2.97. The number of pyridine rings is 1. The van der Waals surface area contributed by atoms with E-state index >= 15 is 0 Å². The van der Waals surface area contributed by atoms with Gasteiger partial charge in [0.15, 0.2) is 0 Å². The highest BCUT2D eigenvalue weighted by molar-refractivity contribution is 9.09. The third kappa shape index (κ3) is 2.98. The summed E-state index contributed by atoms with van der Waals surface area (Å²) in [6, 6.07) is 6.20. The quantitative estimate of drug-likeness (QED) is 0.792. The van der Waals surface area contributed by atoms with E-state index in [2.05, 4.69) is 21.0 Å². The van der Waals surface area contributed by atoms with Crippen LogP contribution >= 0.6 is 15.9 Å². The van der Waals surface area contributed by atoms with Gasteiger partial charge in [-0.25, -0.2) is 4.52 Å². The van der Waals surface area contributed by atoms with Crippen LogP contribution in [0.5, 0.6) is 0 Å². The zero-order chi connectivity index (χ0) is 14.7. The van der Waals surface area contributed by atoms with E-state index in [1.54, 1.807) is 10.7 Å². The third-order valence-corrected chi connectivity index (χ3v) is 4.61. The first-order valence-corrected chi connectivity index (χ1v) is 8.72. The Morgan fingerprint density at radius 3 is 2.90 bits per heavy atom. The Labute approximate surface area is 133 Å². The predicted molar refractivity (Wildman–Crippen MR) is 86.9 cm³/mol. The van der Waals surface area contributed by atoms with Crippen LogP contribution in [0.1, 0.15) is 42.5 Å². The lowest BCUT2D eigenvalue weighted by Crippen LogP contribution is -2.42. The molecule has 0 aliphatic heterocycles. The molecule has 2 aromatic rings. The molecule has 0 unspecified atom stereocenters. The van der Waals surface area contributed by atoms with Gasteiger partial charge in [-0.15, -0.1) is 0 Å². The van der Waals surface area contributed by atoms with Crippen LogP contribution in [0.4, 0.5) is 0 Å². The summed E-state index contributed by atoms with van der Waals surface area (Å²) >= 11 is 3.48. The number of halogens is 1. The third-order valence-electron chi connectivity index (χ3n) is 4.26. The predicted octanol–water partition coefficient (Wildman–Crippen LogP) is 3.50. The van der Waals surface area contributed by atoms with Gasteiger partial charge in [-0.05, 0) is 25.0 Å². The van der Waals surface area contributed by atoms with Gasteiger partial charge in [0.05, 0.1) is 17.3 Å². The topological polar surface area (TPSA) is 37.6 Å². The number of aromatic nitrogens is 2. The van der Waals surface area contributed by atoms with Crippen molar-refractivity contribution in [2.45, 2.75) is 38.1 Å². The van der Waals surface area contributed by atoms with E-state index < -0.39 is 0 Å². The number of carbonyl (C=O) groups excluding carboxylic acids is 1. The number of nitrogens with zero attached hydrogens (tertiary/aromatic N) is 3. The number of rotatable bonds is 4. The molecule has 3 rings (SSSR count). The molecular formula is C16H20BrN3O. The Morgan fingerprint density at radius 1 is 1.33 bits per heavy atom. The average molecular weight is 350 g/mol. The summed E-state index contributed by atoms with van der Waals surface area (Å²) in [5.74, 6) is 0.113. The maximum atomic E-state index is 13.0. The van der Waals surface area contributed by atoms with Gasteiger partial charge in [0.25, 0.3) is 5.91 Å². The van der Waals surface area contributed by atoms with Gasteiger partial charge in [0.1, 0.15) is 0 Å². The Hall–Kier alpha value is -1.36. The molecule has 2 heterocycles. The smallest absolute Gasteiger partial charge is 0.257 e. The molecule has 0 bridgehead atoms. The summed E-state index contributed by atoms with van der Waals surface area (Å²) in [6.45, 7) is 0.758. The van der Waals surface area contributed by atoms with Crippen LogP contribution in [-0.4, -0.2) is 38.3 Å². The number of hydrogen-bond acceptors (Lipinski definition) is 2. The molecule has 1 aliphatic rings. The Kier molecular flexibility index (Phi) is 4.58. The molecule has 21 heavy (non-hydrogen) atoms. The summed E-state index contributed by atoms with van der Waals surface area (Å²) in [4.78, 5) is 15.0. The number of fused-ring (bicyclic) bond motifs is 1. The van der Waals surface area contributed by atoms with E-state index in [0.29, 0.717) is 11.6 Å². The van der Waals surface area contributed by atoms with Crippen LogP contribution in [0.3, 0.4) is 0 Å². The van der Waals surface area contributed by atoms with Gasteiger partial charge in [-0.2, -0.15) is 5.10 Å². The fourth-order valence-corrected chi connectivity index (χ4v) is 3.57. The molecule has 1 saturated carbocycles. The first-order chi connectivity index (χ1) is 10.3. The SMILES string of the molecule is O=C(c1cnn2ccccc12)N(CCBr)C1CCCCC1. The zero-order valence-corrected chi connectivity index (χ0v) is 13.6. The van der Waals surface area contributed by atoms with Crippen LogP contribution in [0.25, 0.3) is 5.52 Å². The molecule has 4 nitrogen and oxygen atoms in total. The van der Waals surface area contributed by atoms with Crippen molar-refractivity contribution in [3.05, 3.63) is 36.2 Å². The lowest BCUT2D eigenvalue weighted by Gasteiger charge is -2.34. The highest BCUT2D eigenvalue weighted by Gasteiger charge is 2.27. The molecule has 1 fully saturated rings. The van der Waals surface area contributed by atoms with Crippen LogP contribution in [0, 0.1) is 0 Å². The van der Waals surface area contributed by atoms with Gasteiger partial charge < -0.3 is 4.90 Å². The molecule has 0 aromatic carbocycles. The molecule has 1 aliphatic carbocycles. The van der Waals surface area contributed by atoms with Gasteiger partial charge in [-0.3, -0.25) is 4.79 Å². The Morgan fingerprint density at radius 2 is 2.14 bits per heavy atom. The van der Waals surface area contributed by atoms with Crippen molar-refractivity contribution in [1.82, 2.24) is 14.5 Å². The summed E-state index contributed by atoms with van der Waals surface area (Å²) in [5, 5.41) is 5.10. The van der Waals surface area contributed by atoms with E-state index in [1.165, 1.54) is 19.3 Å². The number of hydrogen-bond donors (Lipinski definition) is 0.